The van der Waals surface area contributed by atoms with Crippen molar-refractivity contribution >= 4 is 0 Å². The van der Waals surface area contributed by atoms with E-state index in [1.54, 1.807) is 0 Å². The summed E-state index contributed by atoms with van der Waals surface area (Å²) in [6.07, 6.45) is 0. The van der Waals surface area contributed by atoms with Crippen LogP contribution in [0.5, 0.6) is 0 Å². The van der Waals surface area contributed by atoms with E-state index in [2.05, 4.69) is 39.5 Å². The molecular formula is C12H29ClN2. The zero-order valence-electron chi connectivity index (χ0n) is 11.2. The van der Waals surface area contributed by atoms with Crippen LogP contribution in [0, 0.1) is 0 Å². The summed E-state index contributed by atoms with van der Waals surface area (Å²) in [6, 6.07) is 0. The van der Waals surface area contributed by atoms with Crippen molar-refractivity contribution in [1.29, 1.82) is 0 Å². The van der Waals surface area contributed by atoms with Gasteiger partial charge in [0, 0.05) is 6.54 Å². The van der Waals surface area contributed by atoms with E-state index in [4.69, 9.17) is 0 Å². The number of hydrogen-bond donors (Lipinski definition) is 0. The minimum absolute atomic E-state index is 0. The average Bonchev–Trinajstić information content (AvgIpc) is 2.26. The number of likely N-dealkylation sites (N-methyl/N-ethyl adjacent to an activating group) is 2. The van der Waals surface area contributed by atoms with Crippen LogP contribution in [0.2, 0.25) is 0 Å². The predicted molar refractivity (Wildman–Crippen MR) is 64.5 cm³/mol. The number of rotatable bonds is 8. The summed E-state index contributed by atoms with van der Waals surface area (Å²) in [5.41, 5.74) is 0. The molecule has 0 aliphatic rings. The lowest BCUT2D eigenvalue weighted by Gasteiger charge is -2.37. The van der Waals surface area contributed by atoms with Gasteiger partial charge >= 0.3 is 0 Å². The SMILES string of the molecule is CCN(CC)CC[N+](CC)(CC)CC.[Cl-]. The summed E-state index contributed by atoms with van der Waals surface area (Å²) in [5, 5.41) is 0. The van der Waals surface area contributed by atoms with Crippen molar-refractivity contribution < 1.29 is 16.9 Å². The van der Waals surface area contributed by atoms with Gasteiger partial charge in [-0.05, 0) is 33.9 Å². The summed E-state index contributed by atoms with van der Waals surface area (Å²) < 4.78 is 1.27. The Labute approximate surface area is 103 Å². The van der Waals surface area contributed by atoms with Crippen LogP contribution in [0.15, 0.2) is 0 Å². The van der Waals surface area contributed by atoms with Gasteiger partial charge in [-0.2, -0.15) is 0 Å². The molecule has 0 aromatic rings. The fraction of sp³-hybridized carbons (Fsp3) is 1.00. The van der Waals surface area contributed by atoms with Crippen LogP contribution in [0.4, 0.5) is 0 Å². The number of quaternary nitrogens is 1. The molecule has 0 rings (SSSR count). The largest absolute Gasteiger partial charge is 1.00 e. The lowest BCUT2D eigenvalue weighted by molar-refractivity contribution is -0.922. The molecule has 0 atom stereocenters. The maximum Gasteiger partial charge on any atom is 0.0915 e. The maximum atomic E-state index is 2.52. The van der Waals surface area contributed by atoms with Crippen LogP contribution in [-0.2, 0) is 0 Å². The molecule has 0 saturated heterocycles. The number of hydrogen-bond acceptors (Lipinski definition) is 1. The summed E-state index contributed by atoms with van der Waals surface area (Å²) >= 11 is 0. The van der Waals surface area contributed by atoms with E-state index in [1.807, 2.05) is 0 Å². The lowest BCUT2D eigenvalue weighted by Crippen LogP contribution is -3.00. The van der Waals surface area contributed by atoms with Crippen molar-refractivity contribution in [1.82, 2.24) is 4.90 Å². The molecule has 0 radical (unpaired) electrons. The smallest absolute Gasteiger partial charge is 0.0915 e. The minimum atomic E-state index is 0. The first-order chi connectivity index (χ1) is 6.67. The van der Waals surface area contributed by atoms with E-state index in [0.717, 1.165) is 0 Å². The van der Waals surface area contributed by atoms with Crippen molar-refractivity contribution in [2.75, 3.05) is 45.8 Å². The van der Waals surface area contributed by atoms with E-state index in [9.17, 15) is 0 Å². The summed E-state index contributed by atoms with van der Waals surface area (Å²) in [4.78, 5) is 2.52. The molecule has 0 aliphatic heterocycles. The molecular weight excluding hydrogens is 208 g/mol. The van der Waals surface area contributed by atoms with Gasteiger partial charge in [0.05, 0.1) is 26.2 Å². The summed E-state index contributed by atoms with van der Waals surface area (Å²) in [5.74, 6) is 0. The topological polar surface area (TPSA) is 3.24 Å². The molecule has 94 valence electrons. The first-order valence-corrected chi connectivity index (χ1v) is 6.25. The fourth-order valence-electron chi connectivity index (χ4n) is 2.04. The Morgan fingerprint density at radius 3 is 1.47 bits per heavy atom. The second-order valence-corrected chi connectivity index (χ2v) is 4.04. The molecule has 0 bridgehead atoms. The van der Waals surface area contributed by atoms with E-state index in [0.29, 0.717) is 0 Å². The van der Waals surface area contributed by atoms with Gasteiger partial charge in [-0.1, -0.05) is 13.8 Å². The third-order valence-electron chi connectivity index (χ3n) is 3.80. The molecule has 0 unspecified atom stereocenters. The first-order valence-electron chi connectivity index (χ1n) is 6.25. The minimum Gasteiger partial charge on any atom is -1.00 e. The molecule has 0 spiro atoms. The molecule has 0 saturated carbocycles. The van der Waals surface area contributed by atoms with Gasteiger partial charge in [-0.15, -0.1) is 0 Å². The normalized spacial score (nSPS) is 11.6. The predicted octanol–water partition coefficient (Wildman–Crippen LogP) is -0.791. The van der Waals surface area contributed by atoms with Crippen molar-refractivity contribution in [2.45, 2.75) is 34.6 Å². The van der Waals surface area contributed by atoms with E-state index in [1.165, 1.54) is 50.3 Å². The molecule has 15 heavy (non-hydrogen) atoms. The van der Waals surface area contributed by atoms with Gasteiger partial charge in [0.25, 0.3) is 0 Å². The second kappa shape index (κ2) is 9.44. The highest BCUT2D eigenvalue weighted by molar-refractivity contribution is 4.51. The van der Waals surface area contributed by atoms with Crippen LogP contribution in [0.3, 0.4) is 0 Å². The third-order valence-corrected chi connectivity index (χ3v) is 3.80. The van der Waals surface area contributed by atoms with Crippen molar-refractivity contribution in [3.8, 4) is 0 Å². The molecule has 0 N–H and O–H groups in total. The highest BCUT2D eigenvalue weighted by Gasteiger charge is 2.20. The van der Waals surface area contributed by atoms with Crippen molar-refractivity contribution in [3.05, 3.63) is 0 Å². The van der Waals surface area contributed by atoms with Gasteiger partial charge in [0.2, 0.25) is 0 Å². The Kier molecular flexibility index (Phi) is 11.1. The molecule has 0 aromatic heterocycles. The van der Waals surface area contributed by atoms with Crippen LogP contribution in [0.1, 0.15) is 34.6 Å². The quantitative estimate of drug-likeness (QED) is 0.500. The number of halogens is 1. The van der Waals surface area contributed by atoms with Crippen LogP contribution < -0.4 is 12.4 Å². The molecule has 0 heterocycles. The zero-order chi connectivity index (χ0) is 11.0. The second-order valence-electron chi connectivity index (χ2n) is 4.04. The van der Waals surface area contributed by atoms with Crippen LogP contribution >= 0.6 is 0 Å². The molecule has 0 fully saturated rings. The summed E-state index contributed by atoms with van der Waals surface area (Å²) in [7, 11) is 0. The zero-order valence-corrected chi connectivity index (χ0v) is 12.0. The Morgan fingerprint density at radius 2 is 1.20 bits per heavy atom. The molecule has 3 heteroatoms. The third kappa shape index (κ3) is 5.74. The van der Waals surface area contributed by atoms with Gasteiger partial charge in [-0.25, -0.2) is 0 Å². The Bertz CT molecular complexity index is 123. The molecule has 2 nitrogen and oxygen atoms in total. The highest BCUT2D eigenvalue weighted by atomic mass is 35.5. The number of nitrogens with zero attached hydrogens (tertiary/aromatic N) is 2. The monoisotopic (exact) mass is 236 g/mol. The Morgan fingerprint density at radius 1 is 0.800 bits per heavy atom. The first kappa shape index (κ1) is 17.6. The molecule has 0 aliphatic carbocycles. The van der Waals surface area contributed by atoms with Crippen LogP contribution in [0.25, 0.3) is 0 Å². The van der Waals surface area contributed by atoms with Crippen molar-refractivity contribution in [2.24, 2.45) is 0 Å². The van der Waals surface area contributed by atoms with Gasteiger partial charge in [-0.3, -0.25) is 4.90 Å². The average molecular weight is 237 g/mol. The Balaban J connectivity index is 0. The molecule has 0 amide bonds. The fourth-order valence-corrected chi connectivity index (χ4v) is 2.04. The van der Waals surface area contributed by atoms with E-state index >= 15 is 0 Å². The Hall–Kier alpha value is 0.210. The van der Waals surface area contributed by atoms with E-state index < -0.39 is 0 Å². The van der Waals surface area contributed by atoms with Gasteiger partial charge < -0.3 is 16.9 Å². The standard InChI is InChI=1S/C12H29N2.ClH/c1-6-13(7-2)11-12-14(8-3,9-4)10-5;/h6-12H2,1-5H3;1H/q+1;/p-1. The highest BCUT2D eigenvalue weighted by Crippen LogP contribution is 2.05. The van der Waals surface area contributed by atoms with Gasteiger partial charge in [0.15, 0.2) is 0 Å². The lowest BCUT2D eigenvalue weighted by atomic mass is 10.3. The van der Waals surface area contributed by atoms with Crippen LogP contribution in [-0.4, -0.2) is 55.2 Å². The van der Waals surface area contributed by atoms with Crippen molar-refractivity contribution in [3.63, 3.8) is 0 Å². The maximum absolute atomic E-state index is 2.52. The van der Waals surface area contributed by atoms with Gasteiger partial charge in [0.1, 0.15) is 0 Å². The molecule has 0 aromatic carbocycles. The van der Waals surface area contributed by atoms with E-state index in [-0.39, 0.29) is 12.4 Å². The summed E-state index contributed by atoms with van der Waals surface area (Å²) in [6.45, 7) is 20.2.